The summed E-state index contributed by atoms with van der Waals surface area (Å²) in [5.74, 6) is -1.35. The van der Waals surface area contributed by atoms with Crippen molar-refractivity contribution < 1.29 is 9.90 Å². The molecular weight excluding hydrogens is 382 g/mol. The minimum absolute atomic E-state index is 0.0626. The zero-order valence-electron chi connectivity index (χ0n) is 15.1. The van der Waals surface area contributed by atoms with E-state index < -0.39 is 17.6 Å². The predicted molar refractivity (Wildman–Crippen MR) is 105 cm³/mol. The number of hydrogen-bond donors (Lipinski definition) is 1. The van der Waals surface area contributed by atoms with E-state index in [1.54, 1.807) is 38.2 Å². The summed E-state index contributed by atoms with van der Waals surface area (Å²) in [5, 5.41) is 22.7. The maximum atomic E-state index is 12.9. The molecule has 4 rings (SSSR count). The molecule has 3 aromatic heterocycles. The van der Waals surface area contributed by atoms with Gasteiger partial charge in [-0.25, -0.2) is 9.31 Å². The summed E-state index contributed by atoms with van der Waals surface area (Å²) in [6.07, 6.45) is 3.11. The summed E-state index contributed by atoms with van der Waals surface area (Å²) in [6, 6.07) is 7.88. The summed E-state index contributed by atoms with van der Waals surface area (Å²) in [4.78, 5) is 24.5. The number of pyridine rings is 1. The summed E-state index contributed by atoms with van der Waals surface area (Å²) in [6.45, 7) is 3.49. The van der Waals surface area contributed by atoms with Gasteiger partial charge in [-0.3, -0.25) is 9.36 Å². The Hall–Kier alpha value is -3.26. The van der Waals surface area contributed by atoms with Crippen LogP contribution in [0.3, 0.4) is 0 Å². The zero-order chi connectivity index (χ0) is 20.0. The first-order valence-corrected chi connectivity index (χ1v) is 9.00. The van der Waals surface area contributed by atoms with E-state index in [9.17, 15) is 14.7 Å². The lowest BCUT2D eigenvalue weighted by Gasteiger charge is -2.19. The predicted octanol–water partition coefficient (Wildman–Crippen LogP) is 3.04. The Balaban J connectivity index is 1.93. The van der Waals surface area contributed by atoms with Crippen LogP contribution in [0.25, 0.3) is 27.8 Å². The van der Waals surface area contributed by atoms with E-state index in [2.05, 4.69) is 15.3 Å². The van der Waals surface area contributed by atoms with Gasteiger partial charge in [0, 0.05) is 16.8 Å². The van der Waals surface area contributed by atoms with Gasteiger partial charge in [-0.05, 0) is 29.7 Å². The van der Waals surface area contributed by atoms with Crippen molar-refractivity contribution in [1.82, 2.24) is 24.4 Å². The second kappa shape index (κ2) is 6.72. The molecule has 3 heterocycles. The van der Waals surface area contributed by atoms with Crippen LogP contribution in [0.5, 0.6) is 0 Å². The third-order valence-corrected chi connectivity index (χ3v) is 4.88. The van der Waals surface area contributed by atoms with Crippen molar-refractivity contribution in [1.29, 1.82) is 0 Å². The standard InChI is InChI=1S/C19H16ClN5O3/c1-10(2)16(19(27)28)24-8-7-14-15(18(24)26)22-23-17-13(9-21-25(14)17)11-3-5-12(20)6-4-11/h3-10,16H,1-2H3,(H,27,28). The smallest absolute Gasteiger partial charge is 0.327 e. The van der Waals surface area contributed by atoms with Gasteiger partial charge in [-0.15, -0.1) is 10.2 Å². The number of carboxylic acid groups (broad SMARTS) is 1. The highest BCUT2D eigenvalue weighted by atomic mass is 35.5. The fourth-order valence-electron chi connectivity index (χ4n) is 3.28. The highest BCUT2D eigenvalue weighted by molar-refractivity contribution is 6.30. The third-order valence-electron chi connectivity index (χ3n) is 4.63. The minimum atomic E-state index is -1.07. The van der Waals surface area contributed by atoms with Crippen LogP contribution >= 0.6 is 11.6 Å². The lowest BCUT2D eigenvalue weighted by Crippen LogP contribution is -2.33. The van der Waals surface area contributed by atoms with Gasteiger partial charge in [-0.2, -0.15) is 5.10 Å². The summed E-state index contributed by atoms with van der Waals surface area (Å²) < 4.78 is 2.71. The number of aliphatic carboxylic acids is 1. The molecule has 1 aromatic carbocycles. The molecule has 28 heavy (non-hydrogen) atoms. The topological polar surface area (TPSA) is 102 Å². The molecule has 0 fully saturated rings. The van der Waals surface area contributed by atoms with Crippen LogP contribution in [-0.4, -0.2) is 35.5 Å². The molecule has 0 bridgehead atoms. The molecule has 142 valence electrons. The van der Waals surface area contributed by atoms with Gasteiger partial charge < -0.3 is 5.11 Å². The number of benzene rings is 1. The van der Waals surface area contributed by atoms with Gasteiger partial charge >= 0.3 is 5.97 Å². The second-order valence-corrected chi connectivity index (χ2v) is 7.23. The van der Waals surface area contributed by atoms with Crippen molar-refractivity contribution >= 4 is 34.3 Å². The van der Waals surface area contributed by atoms with Gasteiger partial charge in [0.15, 0.2) is 11.2 Å². The molecule has 0 aliphatic heterocycles. The Morgan fingerprint density at radius 1 is 1.14 bits per heavy atom. The largest absolute Gasteiger partial charge is 0.480 e. The number of aromatic nitrogens is 5. The fraction of sp³-hybridized carbons (Fsp3) is 0.211. The Bertz CT molecular complexity index is 1260. The zero-order valence-corrected chi connectivity index (χ0v) is 15.8. The van der Waals surface area contributed by atoms with Crippen LogP contribution in [0.2, 0.25) is 5.02 Å². The van der Waals surface area contributed by atoms with Crippen LogP contribution in [0.1, 0.15) is 19.9 Å². The molecule has 0 spiro atoms. The minimum Gasteiger partial charge on any atom is -0.480 e. The first-order valence-electron chi connectivity index (χ1n) is 8.62. The summed E-state index contributed by atoms with van der Waals surface area (Å²) >= 11 is 5.94. The number of fused-ring (bicyclic) bond motifs is 3. The molecule has 0 saturated carbocycles. The van der Waals surface area contributed by atoms with E-state index >= 15 is 0 Å². The molecule has 1 atom stereocenters. The number of hydrogen-bond acceptors (Lipinski definition) is 5. The molecule has 0 radical (unpaired) electrons. The molecule has 0 aliphatic rings. The van der Waals surface area contributed by atoms with Gasteiger partial charge in [0.25, 0.3) is 5.56 Å². The third kappa shape index (κ3) is 2.82. The molecule has 0 amide bonds. The van der Waals surface area contributed by atoms with E-state index in [-0.39, 0.29) is 11.4 Å². The van der Waals surface area contributed by atoms with Gasteiger partial charge in [-0.1, -0.05) is 37.6 Å². The highest BCUT2D eigenvalue weighted by Gasteiger charge is 2.26. The molecule has 0 aliphatic carbocycles. The summed E-state index contributed by atoms with van der Waals surface area (Å²) in [7, 11) is 0. The number of carboxylic acids is 1. The van der Waals surface area contributed by atoms with E-state index in [4.69, 9.17) is 11.6 Å². The van der Waals surface area contributed by atoms with Crippen molar-refractivity contribution in [3.05, 3.63) is 58.1 Å². The van der Waals surface area contributed by atoms with Crippen LogP contribution in [0, 0.1) is 5.92 Å². The Labute approximate surface area is 164 Å². The van der Waals surface area contributed by atoms with Crippen LogP contribution in [0.4, 0.5) is 0 Å². The SMILES string of the molecule is CC(C)C(C(=O)O)n1ccc2c(nnc3c(-c4ccc(Cl)cc4)cnn32)c1=O. The average molecular weight is 398 g/mol. The molecule has 9 heteroatoms. The number of carbonyl (C=O) groups is 1. The molecular formula is C19H16ClN5O3. The average Bonchev–Trinajstić information content (AvgIpc) is 3.08. The molecule has 4 aromatic rings. The maximum Gasteiger partial charge on any atom is 0.327 e. The molecule has 8 nitrogen and oxygen atoms in total. The van der Waals surface area contributed by atoms with Crippen LogP contribution in [0.15, 0.2) is 47.5 Å². The van der Waals surface area contributed by atoms with Crippen molar-refractivity contribution in [3.8, 4) is 11.1 Å². The molecule has 1 unspecified atom stereocenters. The van der Waals surface area contributed by atoms with Crippen molar-refractivity contribution in [2.24, 2.45) is 5.92 Å². The van der Waals surface area contributed by atoms with Gasteiger partial charge in [0.1, 0.15) is 11.6 Å². The van der Waals surface area contributed by atoms with Crippen molar-refractivity contribution in [3.63, 3.8) is 0 Å². The normalized spacial score (nSPS) is 12.7. The molecule has 0 saturated heterocycles. The van der Waals surface area contributed by atoms with E-state index in [1.807, 2.05) is 12.1 Å². The maximum absolute atomic E-state index is 12.9. The highest BCUT2D eigenvalue weighted by Crippen LogP contribution is 2.26. The number of rotatable bonds is 4. The lowest BCUT2D eigenvalue weighted by molar-refractivity contribution is -0.142. The first-order chi connectivity index (χ1) is 13.4. The number of nitrogens with zero attached hydrogens (tertiary/aromatic N) is 5. The van der Waals surface area contributed by atoms with E-state index in [0.29, 0.717) is 16.2 Å². The monoisotopic (exact) mass is 397 g/mol. The summed E-state index contributed by atoms with van der Waals surface area (Å²) in [5.41, 5.74) is 2.11. The van der Waals surface area contributed by atoms with Crippen LogP contribution < -0.4 is 5.56 Å². The molecule has 1 N–H and O–H groups in total. The Morgan fingerprint density at radius 2 is 1.86 bits per heavy atom. The van der Waals surface area contributed by atoms with E-state index in [1.165, 1.54) is 15.3 Å². The Morgan fingerprint density at radius 3 is 2.50 bits per heavy atom. The fourth-order valence-corrected chi connectivity index (χ4v) is 3.41. The van der Waals surface area contributed by atoms with Crippen molar-refractivity contribution in [2.75, 3.05) is 0 Å². The first kappa shape index (κ1) is 18.1. The number of halogens is 1. The quantitative estimate of drug-likeness (QED) is 0.567. The van der Waals surface area contributed by atoms with Gasteiger partial charge in [0.05, 0.1) is 6.20 Å². The Kier molecular flexibility index (Phi) is 4.35. The van der Waals surface area contributed by atoms with Crippen molar-refractivity contribution in [2.45, 2.75) is 19.9 Å². The van der Waals surface area contributed by atoms with E-state index in [0.717, 1.165) is 11.1 Å². The van der Waals surface area contributed by atoms with Crippen LogP contribution in [-0.2, 0) is 4.79 Å². The van der Waals surface area contributed by atoms with Gasteiger partial charge in [0.2, 0.25) is 0 Å². The lowest BCUT2D eigenvalue weighted by atomic mass is 10.0. The second-order valence-electron chi connectivity index (χ2n) is 6.79.